The highest BCUT2D eigenvalue weighted by atomic mass is 16.6. The molecule has 0 spiro atoms. The zero-order chi connectivity index (χ0) is 33.8. The maximum Gasteiger partial charge on any atom is 0.338 e. The Morgan fingerprint density at radius 1 is 0.826 bits per heavy atom. The van der Waals surface area contributed by atoms with Gasteiger partial charge < -0.3 is 28.4 Å². The largest absolute Gasteiger partial charge is 0.462 e. The Hall–Kier alpha value is -3.73. The second-order valence-electron chi connectivity index (χ2n) is 13.9. The maximum absolute atomic E-state index is 14.0. The molecule has 0 aromatic heterocycles. The van der Waals surface area contributed by atoms with Crippen molar-refractivity contribution in [1.29, 1.82) is 0 Å². The Bertz CT molecular complexity index is 1450. The number of carbonyl (C=O) groups is 5. The van der Waals surface area contributed by atoms with E-state index in [1.807, 2.05) is 20.8 Å². The first-order chi connectivity index (χ1) is 21.5. The van der Waals surface area contributed by atoms with Crippen LogP contribution in [0.3, 0.4) is 0 Å². The van der Waals surface area contributed by atoms with E-state index in [0.717, 1.165) is 11.1 Å². The van der Waals surface area contributed by atoms with Crippen LogP contribution in [-0.4, -0.2) is 72.6 Å². The summed E-state index contributed by atoms with van der Waals surface area (Å²) in [5.41, 5.74) is -1.50. The fraction of sp³-hybridized carbons (Fsp3) is 0.629. The molecular formula is C35H44O11. The first-order valence-corrected chi connectivity index (χ1v) is 15.8. The fourth-order valence-electron chi connectivity index (χ4n) is 8.99. The molecule has 0 unspecified atom stereocenters. The molecule has 0 amide bonds. The highest BCUT2D eigenvalue weighted by Crippen LogP contribution is 2.65. The quantitative estimate of drug-likeness (QED) is 0.247. The van der Waals surface area contributed by atoms with E-state index in [1.165, 1.54) is 27.7 Å². The van der Waals surface area contributed by atoms with Crippen molar-refractivity contribution in [3.63, 3.8) is 0 Å². The molecule has 1 aliphatic heterocycles. The summed E-state index contributed by atoms with van der Waals surface area (Å²) < 4.78 is 37.2. The van der Waals surface area contributed by atoms with Crippen molar-refractivity contribution in [1.82, 2.24) is 0 Å². The predicted octanol–water partition coefficient (Wildman–Crippen LogP) is 4.50. The Balaban J connectivity index is 1.86. The van der Waals surface area contributed by atoms with Crippen LogP contribution in [0.1, 0.15) is 85.0 Å². The Morgan fingerprint density at radius 3 is 2.00 bits per heavy atom. The minimum atomic E-state index is -1.42. The molecule has 0 radical (unpaired) electrons. The third-order valence-electron chi connectivity index (χ3n) is 10.7. The molecule has 3 aliphatic carbocycles. The van der Waals surface area contributed by atoms with Crippen LogP contribution in [0, 0.1) is 22.7 Å². The van der Waals surface area contributed by atoms with Gasteiger partial charge in [0.05, 0.1) is 23.5 Å². The Morgan fingerprint density at radius 2 is 1.46 bits per heavy atom. The standard InChI is InChI=1S/C35H44O11/c1-18-14-15-24-28(45-32(40)23-12-10-9-11-13-23)30-34(8,25(42-19(2)36)16-26-35(30,17-41-26)46-22(5)39)31(44-21(4)38)29(43-20(3)37)27(18)33(24,6)7/h9-13,24-26,28-31H,14-17H2,1-8H3/t24-,25-,26+,28+,29+,30-,31-,34+,35-/m0/s1. The molecule has 1 aromatic carbocycles. The van der Waals surface area contributed by atoms with Crippen LogP contribution in [0.4, 0.5) is 0 Å². The zero-order valence-electron chi connectivity index (χ0n) is 27.7. The smallest absolute Gasteiger partial charge is 0.338 e. The first-order valence-electron chi connectivity index (χ1n) is 15.8. The Kier molecular flexibility index (Phi) is 8.87. The number of allylic oxidation sites excluding steroid dienone is 1. The zero-order valence-corrected chi connectivity index (χ0v) is 27.7. The van der Waals surface area contributed by atoms with Gasteiger partial charge in [-0.1, -0.05) is 44.5 Å². The van der Waals surface area contributed by atoms with E-state index in [2.05, 4.69) is 0 Å². The second kappa shape index (κ2) is 12.1. The minimum absolute atomic E-state index is 0.0242. The average Bonchev–Trinajstić information content (AvgIpc) is 2.94. The molecule has 5 rings (SSSR count). The van der Waals surface area contributed by atoms with Crippen LogP contribution >= 0.6 is 0 Å². The van der Waals surface area contributed by atoms with Crippen molar-refractivity contribution in [2.45, 2.75) is 111 Å². The molecule has 2 bridgehead atoms. The normalized spacial score (nSPS) is 35.9. The number of rotatable bonds is 6. The van der Waals surface area contributed by atoms with Crippen molar-refractivity contribution < 1.29 is 52.4 Å². The SMILES string of the molecule is CC(=O)O[C@@H]1C2=C(C)CC[C@@H]([C@@H](OC(=O)c3ccccc3)[C@@H]3[C@]4(OC(C)=O)CO[C@@H]4C[C@H](OC(C)=O)[C@@]3(C)[C@H]1OC(C)=O)C2(C)C. The molecule has 1 saturated heterocycles. The van der Waals surface area contributed by atoms with Crippen LogP contribution in [0.15, 0.2) is 41.5 Å². The van der Waals surface area contributed by atoms with Gasteiger partial charge in [0.1, 0.15) is 18.3 Å². The Labute approximate surface area is 269 Å². The molecule has 11 heteroatoms. The average molecular weight is 641 g/mol. The van der Waals surface area contributed by atoms with E-state index in [9.17, 15) is 24.0 Å². The first kappa shape index (κ1) is 33.6. The molecular weight excluding hydrogens is 596 g/mol. The molecule has 46 heavy (non-hydrogen) atoms. The van der Waals surface area contributed by atoms with E-state index in [-0.39, 0.29) is 18.9 Å². The predicted molar refractivity (Wildman–Crippen MR) is 162 cm³/mol. The lowest BCUT2D eigenvalue weighted by Gasteiger charge is -2.67. The fourth-order valence-corrected chi connectivity index (χ4v) is 8.99. The summed E-state index contributed by atoms with van der Waals surface area (Å²) in [7, 11) is 0. The van der Waals surface area contributed by atoms with E-state index < -0.39 is 82.7 Å². The number of benzene rings is 1. The van der Waals surface area contributed by atoms with Crippen LogP contribution in [0.5, 0.6) is 0 Å². The van der Waals surface area contributed by atoms with Gasteiger partial charge in [-0.05, 0) is 42.9 Å². The summed E-state index contributed by atoms with van der Waals surface area (Å²) >= 11 is 0. The lowest BCUT2D eigenvalue weighted by molar-refractivity contribution is -0.355. The van der Waals surface area contributed by atoms with Crippen molar-refractivity contribution in [2.24, 2.45) is 22.7 Å². The van der Waals surface area contributed by atoms with Gasteiger partial charge in [0, 0.05) is 40.0 Å². The van der Waals surface area contributed by atoms with E-state index in [4.69, 9.17) is 28.4 Å². The summed E-state index contributed by atoms with van der Waals surface area (Å²) in [4.78, 5) is 65.3. The van der Waals surface area contributed by atoms with Gasteiger partial charge in [-0.2, -0.15) is 0 Å². The third-order valence-corrected chi connectivity index (χ3v) is 10.7. The maximum atomic E-state index is 14.0. The van der Waals surface area contributed by atoms with Crippen LogP contribution < -0.4 is 0 Å². The van der Waals surface area contributed by atoms with Crippen LogP contribution in [0.25, 0.3) is 0 Å². The molecule has 4 aliphatic rings. The molecule has 11 nitrogen and oxygen atoms in total. The number of esters is 5. The van der Waals surface area contributed by atoms with Crippen LogP contribution in [-0.2, 0) is 47.6 Å². The summed E-state index contributed by atoms with van der Waals surface area (Å²) in [6.07, 6.45) is -3.69. The molecule has 9 atom stereocenters. The summed E-state index contributed by atoms with van der Waals surface area (Å²) in [5, 5.41) is 0. The number of hydrogen-bond donors (Lipinski definition) is 0. The number of ether oxygens (including phenoxy) is 6. The van der Waals surface area contributed by atoms with Crippen molar-refractivity contribution >= 4 is 29.8 Å². The summed E-state index contributed by atoms with van der Waals surface area (Å²) in [6, 6.07) is 8.58. The molecule has 250 valence electrons. The van der Waals surface area contributed by atoms with E-state index in [0.29, 0.717) is 18.4 Å². The van der Waals surface area contributed by atoms with Gasteiger partial charge in [0.25, 0.3) is 0 Å². The van der Waals surface area contributed by atoms with Crippen molar-refractivity contribution in [2.75, 3.05) is 6.61 Å². The number of carbonyl (C=O) groups excluding carboxylic acids is 5. The third kappa shape index (κ3) is 5.50. The van der Waals surface area contributed by atoms with Gasteiger partial charge in [-0.25, -0.2) is 4.79 Å². The van der Waals surface area contributed by atoms with E-state index >= 15 is 0 Å². The van der Waals surface area contributed by atoms with E-state index in [1.54, 1.807) is 37.3 Å². The molecule has 1 heterocycles. The lowest BCUT2D eigenvalue weighted by atomic mass is 9.45. The molecule has 2 saturated carbocycles. The number of fused-ring (bicyclic) bond motifs is 5. The molecule has 0 N–H and O–H groups in total. The molecule has 1 aromatic rings. The monoisotopic (exact) mass is 640 g/mol. The lowest BCUT2D eigenvalue weighted by Crippen LogP contribution is -2.80. The highest BCUT2D eigenvalue weighted by molar-refractivity contribution is 5.89. The topological polar surface area (TPSA) is 141 Å². The van der Waals surface area contributed by atoms with Crippen molar-refractivity contribution in [3.8, 4) is 0 Å². The molecule has 3 fully saturated rings. The van der Waals surface area contributed by atoms with Gasteiger partial charge in [0.2, 0.25) is 0 Å². The summed E-state index contributed by atoms with van der Waals surface area (Å²) in [5.74, 6) is -4.31. The summed E-state index contributed by atoms with van der Waals surface area (Å²) in [6.45, 7) is 12.8. The highest BCUT2D eigenvalue weighted by Gasteiger charge is 2.76. The van der Waals surface area contributed by atoms with Crippen molar-refractivity contribution in [3.05, 3.63) is 47.0 Å². The second-order valence-corrected chi connectivity index (χ2v) is 13.9. The van der Waals surface area contributed by atoms with Gasteiger partial charge in [0.15, 0.2) is 17.8 Å². The van der Waals surface area contributed by atoms with Gasteiger partial charge >= 0.3 is 29.8 Å². The van der Waals surface area contributed by atoms with Crippen LogP contribution in [0.2, 0.25) is 0 Å². The van der Waals surface area contributed by atoms with Gasteiger partial charge in [-0.3, -0.25) is 19.2 Å². The van der Waals surface area contributed by atoms with Gasteiger partial charge in [-0.15, -0.1) is 0 Å². The minimum Gasteiger partial charge on any atom is -0.462 e. The number of hydrogen-bond acceptors (Lipinski definition) is 11.